The Bertz CT molecular complexity index is 1830. The molecule has 0 spiro atoms. The van der Waals surface area contributed by atoms with E-state index in [9.17, 15) is 0 Å². The molecule has 5 aliphatic heterocycles. The molecular weight excluding hydrogens is 777 g/mol. The van der Waals surface area contributed by atoms with Crippen LogP contribution in [0.3, 0.4) is 0 Å². The molecule has 0 aromatic heterocycles. The van der Waals surface area contributed by atoms with Crippen LogP contribution in [0, 0.1) is 70.0 Å². The lowest BCUT2D eigenvalue weighted by molar-refractivity contribution is 0.0719. The van der Waals surface area contributed by atoms with Gasteiger partial charge < -0.3 is 21.3 Å². The molecule has 9 aliphatic rings. The molecule has 20 unspecified atom stereocenters. The second kappa shape index (κ2) is 15.9. The van der Waals surface area contributed by atoms with E-state index >= 15 is 0 Å². The van der Waals surface area contributed by atoms with Crippen molar-refractivity contribution >= 4 is 0 Å². The molecule has 8 bridgehead atoms. The molecule has 64 heavy (non-hydrogen) atoms. The first kappa shape index (κ1) is 44.8. The number of hydrogen-bond donors (Lipinski definition) is 4. The summed E-state index contributed by atoms with van der Waals surface area (Å²) < 4.78 is 0. The lowest BCUT2D eigenvalue weighted by Crippen LogP contribution is -2.53. The Morgan fingerprint density at radius 2 is 0.703 bits per heavy atom. The topological polar surface area (TPSA) is 48.1 Å². The SMILES string of the molecule is CC(C)(C)c1ccc(C2C3CCC(N3)C3C4CCC(C(C)(C)C)CC4C4CC(NC43)C(c3ccc(C(C)(C)C)cc3)C3CCC(N3)C3C4CCC(C(C)(C)C)CC4C4CC2NC43)cc1. The van der Waals surface area contributed by atoms with E-state index in [-0.39, 0.29) is 10.8 Å². The molecule has 2 aromatic rings. The Morgan fingerprint density at radius 1 is 0.344 bits per heavy atom. The zero-order valence-electron chi connectivity index (χ0n) is 42.7. The summed E-state index contributed by atoms with van der Waals surface area (Å²) in [5.74, 6) is 9.16. The summed E-state index contributed by atoms with van der Waals surface area (Å²) in [4.78, 5) is 0. The first-order valence-electron chi connectivity index (χ1n) is 27.5. The van der Waals surface area contributed by atoms with Crippen LogP contribution in [0.15, 0.2) is 48.5 Å². The van der Waals surface area contributed by atoms with Gasteiger partial charge >= 0.3 is 0 Å². The van der Waals surface area contributed by atoms with E-state index < -0.39 is 0 Å². The van der Waals surface area contributed by atoms with Crippen molar-refractivity contribution < 1.29 is 0 Å². The Kier molecular flexibility index (Phi) is 11.1. The van der Waals surface area contributed by atoms with Gasteiger partial charge in [0, 0.05) is 60.2 Å². The molecule has 0 radical (unpaired) electrons. The average Bonchev–Trinajstić information content (AvgIpc) is 4.09. The van der Waals surface area contributed by atoms with Crippen LogP contribution in [0.4, 0.5) is 0 Å². The minimum absolute atomic E-state index is 0.167. The van der Waals surface area contributed by atoms with E-state index in [4.69, 9.17) is 10.6 Å². The quantitative estimate of drug-likeness (QED) is 0.243. The van der Waals surface area contributed by atoms with Gasteiger partial charge in [0.25, 0.3) is 0 Å². The summed E-state index contributed by atoms with van der Waals surface area (Å²) in [6, 6.07) is 24.9. The van der Waals surface area contributed by atoms with E-state index in [0.717, 1.165) is 59.2 Å². The largest absolute Gasteiger partial charge is 0.310 e. The third kappa shape index (κ3) is 7.66. The molecule has 5 heterocycles. The summed E-state index contributed by atoms with van der Waals surface area (Å²) in [5, 5.41) is 18.7. The molecule has 0 amide bonds. The van der Waals surface area contributed by atoms with Gasteiger partial charge in [0.15, 0.2) is 0 Å². The van der Waals surface area contributed by atoms with Crippen molar-refractivity contribution in [1.29, 1.82) is 0 Å². The maximum atomic E-state index is 4.70. The molecule has 4 nitrogen and oxygen atoms in total. The molecule has 4 N–H and O–H groups in total. The molecule has 4 aliphatic carbocycles. The Balaban J connectivity index is 1.01. The standard InChI is InChI=1S/C60H92N4/c1-57(2,3)35-17-13-33(14-18-35)51-45-25-27-47(61-45)53-40-24-22-38(60(10,11)12)30-42(40)44-32-50(64-56(44)53)52(34-15-19-36(20-16-34)58(4,5)6)46-26-28-48(62-46)54-39-23-21-37(59(7,8)9)29-41(39)43-31-49(51)63-55(43)54/h13-20,37-56,61-64H,21-32H2,1-12H3. The fourth-order valence-electron chi connectivity index (χ4n) is 18.2. The Hall–Kier alpha value is -1.72. The molecule has 5 saturated heterocycles. The van der Waals surface area contributed by atoms with Crippen LogP contribution in [0.2, 0.25) is 0 Å². The van der Waals surface area contributed by atoms with Gasteiger partial charge in [-0.1, -0.05) is 132 Å². The van der Waals surface area contributed by atoms with E-state index in [0.29, 0.717) is 71.0 Å². The zero-order valence-corrected chi connectivity index (χ0v) is 42.7. The maximum Gasteiger partial charge on any atom is 0.0157 e. The third-order valence-corrected chi connectivity index (χ3v) is 21.5. The highest BCUT2D eigenvalue weighted by molar-refractivity contribution is 5.35. The van der Waals surface area contributed by atoms with Gasteiger partial charge in [0.2, 0.25) is 0 Å². The zero-order chi connectivity index (χ0) is 44.8. The Labute approximate surface area is 391 Å². The number of benzene rings is 2. The molecule has 20 atom stereocenters. The number of nitrogens with one attached hydrogen (secondary N) is 4. The Morgan fingerprint density at radius 3 is 1.05 bits per heavy atom. The lowest BCUT2D eigenvalue weighted by Gasteiger charge is -2.44. The summed E-state index contributed by atoms with van der Waals surface area (Å²) >= 11 is 0. The van der Waals surface area contributed by atoms with Crippen LogP contribution in [0.1, 0.15) is 194 Å². The monoisotopic (exact) mass is 869 g/mol. The molecule has 11 rings (SSSR count). The highest BCUT2D eigenvalue weighted by Gasteiger charge is 2.63. The van der Waals surface area contributed by atoms with Crippen LogP contribution in [0.25, 0.3) is 0 Å². The summed E-state index contributed by atoms with van der Waals surface area (Å²) in [7, 11) is 0. The van der Waals surface area contributed by atoms with Gasteiger partial charge in [0.1, 0.15) is 0 Å². The molecule has 352 valence electrons. The minimum atomic E-state index is 0.167. The van der Waals surface area contributed by atoms with Crippen LogP contribution in [-0.2, 0) is 10.8 Å². The van der Waals surface area contributed by atoms with Crippen molar-refractivity contribution in [3.63, 3.8) is 0 Å². The summed E-state index contributed by atoms with van der Waals surface area (Å²) in [6.45, 7) is 29.6. The fourth-order valence-corrected chi connectivity index (χ4v) is 18.2. The van der Waals surface area contributed by atoms with Crippen molar-refractivity contribution in [1.82, 2.24) is 21.3 Å². The highest BCUT2D eigenvalue weighted by Crippen LogP contribution is 2.62. The van der Waals surface area contributed by atoms with Crippen molar-refractivity contribution in [2.75, 3.05) is 0 Å². The van der Waals surface area contributed by atoms with E-state index in [1.807, 2.05) is 0 Å². The van der Waals surface area contributed by atoms with Gasteiger partial charge in [0.05, 0.1) is 0 Å². The fraction of sp³-hybridized carbons (Fsp3) is 0.800. The van der Waals surface area contributed by atoms with E-state index in [1.165, 1.54) is 88.2 Å². The predicted octanol–water partition coefficient (Wildman–Crippen LogP) is 12.5. The van der Waals surface area contributed by atoms with Crippen molar-refractivity contribution in [2.45, 2.75) is 231 Å². The van der Waals surface area contributed by atoms with E-state index in [1.54, 1.807) is 11.1 Å². The molecular formula is C60H92N4. The van der Waals surface area contributed by atoms with Crippen LogP contribution >= 0.6 is 0 Å². The molecule has 4 saturated carbocycles. The van der Waals surface area contributed by atoms with Crippen LogP contribution in [0.5, 0.6) is 0 Å². The first-order chi connectivity index (χ1) is 30.2. The van der Waals surface area contributed by atoms with Crippen LogP contribution in [-0.4, -0.2) is 48.3 Å². The molecule has 9 fully saturated rings. The van der Waals surface area contributed by atoms with Crippen molar-refractivity contribution in [2.24, 2.45) is 70.0 Å². The van der Waals surface area contributed by atoms with Gasteiger partial charge in [-0.2, -0.15) is 0 Å². The summed E-state index contributed by atoms with van der Waals surface area (Å²) in [5.41, 5.74) is 7.25. The molecule has 2 aromatic carbocycles. The number of rotatable bonds is 2. The van der Waals surface area contributed by atoms with Gasteiger partial charge in [-0.05, 0) is 180 Å². The predicted molar refractivity (Wildman–Crippen MR) is 268 cm³/mol. The highest BCUT2D eigenvalue weighted by atomic mass is 15.1. The van der Waals surface area contributed by atoms with Crippen molar-refractivity contribution in [3.8, 4) is 0 Å². The van der Waals surface area contributed by atoms with Gasteiger partial charge in [-0.15, -0.1) is 0 Å². The smallest absolute Gasteiger partial charge is 0.0157 e. The lowest BCUT2D eigenvalue weighted by atomic mass is 9.63. The summed E-state index contributed by atoms with van der Waals surface area (Å²) in [6.07, 6.45) is 16.7. The van der Waals surface area contributed by atoms with E-state index in [2.05, 4.69) is 142 Å². The normalized spacial score (nSPS) is 45.4. The second-order valence-electron chi connectivity index (χ2n) is 28.7. The maximum absolute atomic E-state index is 4.70. The van der Waals surface area contributed by atoms with Gasteiger partial charge in [-0.3, -0.25) is 0 Å². The number of fused-ring (bicyclic) bond motifs is 14. The second-order valence-corrected chi connectivity index (χ2v) is 28.7. The first-order valence-corrected chi connectivity index (χ1v) is 27.5. The minimum Gasteiger partial charge on any atom is -0.310 e. The third-order valence-electron chi connectivity index (χ3n) is 21.5. The average molecular weight is 869 g/mol. The van der Waals surface area contributed by atoms with Crippen molar-refractivity contribution in [3.05, 3.63) is 70.8 Å². The van der Waals surface area contributed by atoms with Crippen LogP contribution < -0.4 is 21.3 Å². The molecule has 4 heteroatoms. The van der Waals surface area contributed by atoms with Gasteiger partial charge in [-0.25, -0.2) is 0 Å². The number of hydrogen-bond acceptors (Lipinski definition) is 4.